The van der Waals surface area contributed by atoms with E-state index in [-0.39, 0.29) is 6.10 Å². The van der Waals surface area contributed by atoms with Crippen LogP contribution in [0.25, 0.3) is 0 Å². The summed E-state index contributed by atoms with van der Waals surface area (Å²) in [5.74, 6) is 1.26. The normalized spacial score (nSPS) is 13.2. The Morgan fingerprint density at radius 3 is 2.67 bits per heavy atom. The molecule has 0 aliphatic heterocycles. The number of aliphatic hydroxyl groups excluding tert-OH is 1. The van der Waals surface area contributed by atoms with Crippen molar-refractivity contribution in [3.8, 4) is 0 Å². The van der Waals surface area contributed by atoms with Gasteiger partial charge >= 0.3 is 0 Å². The minimum absolute atomic E-state index is 0.163. The van der Waals surface area contributed by atoms with Crippen LogP contribution in [-0.2, 0) is 0 Å². The number of rotatable bonds is 8. The SMILES string of the molecule is CSCCCCNCCC(C)O. The van der Waals surface area contributed by atoms with Gasteiger partial charge in [0.15, 0.2) is 0 Å². The minimum Gasteiger partial charge on any atom is -0.393 e. The summed E-state index contributed by atoms with van der Waals surface area (Å²) in [5.41, 5.74) is 0. The molecule has 0 aromatic heterocycles. The first-order chi connectivity index (χ1) is 5.77. The number of hydrogen-bond acceptors (Lipinski definition) is 3. The Hall–Kier alpha value is 0.270. The molecule has 0 rings (SSSR count). The Kier molecular flexibility index (Phi) is 9.57. The molecule has 2 N–H and O–H groups in total. The Morgan fingerprint density at radius 1 is 1.33 bits per heavy atom. The number of nitrogens with one attached hydrogen (secondary N) is 1. The van der Waals surface area contributed by atoms with Crippen LogP contribution in [0.5, 0.6) is 0 Å². The smallest absolute Gasteiger partial charge is 0.0524 e. The molecule has 0 bridgehead atoms. The minimum atomic E-state index is -0.163. The molecule has 0 aliphatic carbocycles. The fourth-order valence-corrected chi connectivity index (χ4v) is 1.43. The average molecular weight is 191 g/mol. The fraction of sp³-hybridized carbons (Fsp3) is 1.00. The second kappa shape index (κ2) is 9.36. The summed E-state index contributed by atoms with van der Waals surface area (Å²) in [6, 6.07) is 0. The Balaban J connectivity index is 2.82. The van der Waals surface area contributed by atoms with Gasteiger partial charge in [0.05, 0.1) is 6.10 Å². The van der Waals surface area contributed by atoms with Crippen LogP contribution in [-0.4, -0.2) is 36.3 Å². The number of thioether (sulfide) groups is 1. The topological polar surface area (TPSA) is 32.3 Å². The highest BCUT2D eigenvalue weighted by Gasteiger charge is 1.93. The molecule has 0 aromatic rings. The molecule has 0 heterocycles. The van der Waals surface area contributed by atoms with Crippen molar-refractivity contribution in [1.29, 1.82) is 0 Å². The lowest BCUT2D eigenvalue weighted by Crippen LogP contribution is -2.20. The fourth-order valence-electron chi connectivity index (χ4n) is 0.932. The van der Waals surface area contributed by atoms with Gasteiger partial charge in [-0.3, -0.25) is 0 Å². The number of unbranched alkanes of at least 4 members (excludes halogenated alkanes) is 1. The molecule has 0 saturated carbocycles. The van der Waals surface area contributed by atoms with Gasteiger partial charge in [0.1, 0.15) is 0 Å². The number of aliphatic hydroxyl groups is 1. The zero-order valence-electron chi connectivity index (χ0n) is 8.18. The first-order valence-corrected chi connectivity index (χ1v) is 6.04. The van der Waals surface area contributed by atoms with Gasteiger partial charge in [-0.1, -0.05) is 0 Å². The van der Waals surface area contributed by atoms with E-state index in [0.29, 0.717) is 0 Å². The summed E-state index contributed by atoms with van der Waals surface area (Å²) in [4.78, 5) is 0. The molecule has 0 aliphatic rings. The van der Waals surface area contributed by atoms with Gasteiger partial charge in [-0.05, 0) is 51.3 Å². The predicted octanol–water partition coefficient (Wildman–Crippen LogP) is 1.49. The molecular formula is C9H21NOS. The maximum Gasteiger partial charge on any atom is 0.0524 e. The highest BCUT2D eigenvalue weighted by Crippen LogP contribution is 1.97. The number of hydrogen-bond donors (Lipinski definition) is 2. The molecule has 12 heavy (non-hydrogen) atoms. The molecule has 2 nitrogen and oxygen atoms in total. The highest BCUT2D eigenvalue weighted by molar-refractivity contribution is 7.98. The third kappa shape index (κ3) is 10.3. The second-order valence-electron chi connectivity index (χ2n) is 3.09. The van der Waals surface area contributed by atoms with Gasteiger partial charge in [0.2, 0.25) is 0 Å². The molecule has 0 saturated heterocycles. The van der Waals surface area contributed by atoms with Gasteiger partial charge in [0, 0.05) is 0 Å². The maximum atomic E-state index is 8.95. The van der Waals surface area contributed by atoms with Gasteiger partial charge in [0.25, 0.3) is 0 Å². The lowest BCUT2D eigenvalue weighted by Gasteiger charge is -2.05. The lowest BCUT2D eigenvalue weighted by molar-refractivity contribution is 0.184. The second-order valence-corrected chi connectivity index (χ2v) is 4.07. The summed E-state index contributed by atoms with van der Waals surface area (Å²) >= 11 is 1.90. The van der Waals surface area contributed by atoms with Crippen molar-refractivity contribution in [2.75, 3.05) is 25.1 Å². The van der Waals surface area contributed by atoms with E-state index < -0.39 is 0 Å². The first-order valence-electron chi connectivity index (χ1n) is 4.65. The van der Waals surface area contributed by atoms with Crippen LogP contribution in [0.3, 0.4) is 0 Å². The van der Waals surface area contributed by atoms with Gasteiger partial charge in [-0.15, -0.1) is 0 Å². The summed E-state index contributed by atoms with van der Waals surface area (Å²) in [7, 11) is 0. The zero-order chi connectivity index (χ0) is 9.23. The molecule has 0 radical (unpaired) electrons. The van der Waals surface area contributed by atoms with Crippen LogP contribution < -0.4 is 5.32 Å². The Bertz CT molecular complexity index is 88.6. The van der Waals surface area contributed by atoms with E-state index in [1.807, 2.05) is 18.7 Å². The van der Waals surface area contributed by atoms with Crippen molar-refractivity contribution < 1.29 is 5.11 Å². The van der Waals surface area contributed by atoms with Crippen molar-refractivity contribution in [3.05, 3.63) is 0 Å². The van der Waals surface area contributed by atoms with Gasteiger partial charge in [-0.2, -0.15) is 11.8 Å². The quantitative estimate of drug-likeness (QED) is 0.570. The van der Waals surface area contributed by atoms with E-state index in [4.69, 9.17) is 5.11 Å². The molecule has 0 aromatic carbocycles. The lowest BCUT2D eigenvalue weighted by atomic mass is 10.3. The Morgan fingerprint density at radius 2 is 2.08 bits per heavy atom. The molecule has 0 spiro atoms. The van der Waals surface area contributed by atoms with E-state index in [1.54, 1.807) is 0 Å². The van der Waals surface area contributed by atoms with Crippen LogP contribution >= 0.6 is 11.8 Å². The van der Waals surface area contributed by atoms with E-state index in [1.165, 1.54) is 18.6 Å². The summed E-state index contributed by atoms with van der Waals surface area (Å²) in [6.07, 6.45) is 5.39. The van der Waals surface area contributed by atoms with Crippen molar-refractivity contribution in [1.82, 2.24) is 5.32 Å². The van der Waals surface area contributed by atoms with Gasteiger partial charge < -0.3 is 10.4 Å². The van der Waals surface area contributed by atoms with Crippen LogP contribution in [0.1, 0.15) is 26.2 Å². The van der Waals surface area contributed by atoms with Crippen molar-refractivity contribution in [2.24, 2.45) is 0 Å². The van der Waals surface area contributed by atoms with E-state index in [9.17, 15) is 0 Å². The third-order valence-corrected chi connectivity index (χ3v) is 2.39. The zero-order valence-corrected chi connectivity index (χ0v) is 8.99. The third-order valence-electron chi connectivity index (χ3n) is 1.69. The largest absolute Gasteiger partial charge is 0.393 e. The van der Waals surface area contributed by atoms with E-state index >= 15 is 0 Å². The standard InChI is InChI=1S/C9H21NOS/c1-9(11)5-7-10-6-3-4-8-12-2/h9-11H,3-8H2,1-2H3. The molecule has 1 unspecified atom stereocenters. The molecule has 1 atom stereocenters. The molecule has 0 amide bonds. The molecular weight excluding hydrogens is 170 g/mol. The summed E-state index contributed by atoms with van der Waals surface area (Å²) in [6.45, 7) is 3.86. The van der Waals surface area contributed by atoms with Crippen molar-refractivity contribution >= 4 is 11.8 Å². The average Bonchev–Trinajstić information content (AvgIpc) is 2.02. The predicted molar refractivity (Wildman–Crippen MR) is 56.8 cm³/mol. The first kappa shape index (κ1) is 12.3. The van der Waals surface area contributed by atoms with Crippen molar-refractivity contribution in [2.45, 2.75) is 32.3 Å². The van der Waals surface area contributed by atoms with Crippen LogP contribution in [0, 0.1) is 0 Å². The van der Waals surface area contributed by atoms with Crippen LogP contribution in [0.15, 0.2) is 0 Å². The summed E-state index contributed by atoms with van der Waals surface area (Å²) in [5, 5.41) is 12.3. The van der Waals surface area contributed by atoms with Crippen LogP contribution in [0.4, 0.5) is 0 Å². The summed E-state index contributed by atoms with van der Waals surface area (Å²) < 4.78 is 0. The van der Waals surface area contributed by atoms with E-state index in [0.717, 1.165) is 19.5 Å². The monoisotopic (exact) mass is 191 g/mol. The maximum absolute atomic E-state index is 8.95. The van der Waals surface area contributed by atoms with Crippen LogP contribution in [0.2, 0.25) is 0 Å². The van der Waals surface area contributed by atoms with E-state index in [2.05, 4.69) is 11.6 Å². The van der Waals surface area contributed by atoms with Gasteiger partial charge in [-0.25, -0.2) is 0 Å². The van der Waals surface area contributed by atoms with Crippen molar-refractivity contribution in [3.63, 3.8) is 0 Å². The molecule has 3 heteroatoms. The highest BCUT2D eigenvalue weighted by atomic mass is 32.2. The Labute approximate surface area is 80.1 Å². The molecule has 0 fully saturated rings. The molecule has 74 valence electrons.